The molecule has 1 amide bonds. The molecule has 1 spiro atoms. The van der Waals surface area contributed by atoms with Gasteiger partial charge in [-0.1, -0.05) is 35.9 Å². The summed E-state index contributed by atoms with van der Waals surface area (Å²) in [5.41, 5.74) is 3.32. The molecule has 7 nitrogen and oxygen atoms in total. The Morgan fingerprint density at radius 3 is 2.35 bits per heavy atom. The zero-order valence-electron chi connectivity index (χ0n) is 22.3. The second-order valence-corrected chi connectivity index (χ2v) is 11.7. The lowest BCUT2D eigenvalue weighted by Gasteiger charge is -2.47. The van der Waals surface area contributed by atoms with Gasteiger partial charge in [-0.2, -0.15) is 0 Å². The van der Waals surface area contributed by atoms with E-state index in [1.54, 1.807) is 10.6 Å². The molecule has 8 heteroatoms. The largest absolute Gasteiger partial charge is 0.494 e. The van der Waals surface area contributed by atoms with Crippen LogP contribution in [0.15, 0.2) is 79.4 Å². The lowest BCUT2D eigenvalue weighted by atomic mass is 9.71. The van der Waals surface area contributed by atoms with Gasteiger partial charge in [-0.25, -0.2) is 0 Å². The minimum atomic E-state index is 0.100. The van der Waals surface area contributed by atoms with Gasteiger partial charge >= 0.3 is 0 Å². The van der Waals surface area contributed by atoms with Crippen LogP contribution in [0.2, 0.25) is 5.02 Å². The first-order valence-electron chi connectivity index (χ1n) is 14.0. The number of pyridine rings is 1. The maximum Gasteiger partial charge on any atom is 0.242 e. The molecule has 2 aliphatic heterocycles. The highest BCUT2D eigenvalue weighted by atomic mass is 35.5. The molecule has 40 heavy (non-hydrogen) atoms. The molecule has 2 aliphatic rings. The minimum absolute atomic E-state index is 0.100. The molecule has 0 radical (unpaired) electrons. The fourth-order valence-corrected chi connectivity index (χ4v) is 6.99. The molecule has 0 aliphatic carbocycles. The van der Waals surface area contributed by atoms with Gasteiger partial charge in [0.15, 0.2) is 0 Å². The molecule has 204 valence electrons. The first-order chi connectivity index (χ1) is 19.5. The summed E-state index contributed by atoms with van der Waals surface area (Å²) < 4.78 is 3.78. The number of aromatic hydroxyl groups is 1. The normalized spacial score (nSPS) is 17.2. The van der Waals surface area contributed by atoms with Crippen LogP contribution in [0.25, 0.3) is 27.4 Å². The minimum Gasteiger partial charge on any atom is -0.494 e. The predicted octanol–water partition coefficient (Wildman–Crippen LogP) is 6.25. The van der Waals surface area contributed by atoms with Crippen molar-refractivity contribution in [2.45, 2.75) is 32.2 Å². The highest BCUT2D eigenvalue weighted by Gasteiger charge is 2.38. The van der Waals surface area contributed by atoms with Crippen LogP contribution in [0.3, 0.4) is 0 Å². The molecule has 0 saturated carbocycles. The average molecular weight is 554 g/mol. The van der Waals surface area contributed by atoms with E-state index in [9.17, 15) is 9.90 Å². The summed E-state index contributed by atoms with van der Waals surface area (Å²) in [6.45, 7) is 4.00. The summed E-state index contributed by atoms with van der Waals surface area (Å²) in [4.78, 5) is 22.2. The predicted molar refractivity (Wildman–Crippen MR) is 159 cm³/mol. The molecule has 0 unspecified atom stereocenters. The molecule has 2 fully saturated rings. The molecule has 7 rings (SSSR count). The first-order valence-corrected chi connectivity index (χ1v) is 14.4. The van der Waals surface area contributed by atoms with Crippen molar-refractivity contribution in [2.75, 3.05) is 31.1 Å². The van der Waals surface area contributed by atoms with E-state index >= 15 is 0 Å². The zero-order chi connectivity index (χ0) is 27.3. The van der Waals surface area contributed by atoms with Crippen LogP contribution >= 0.6 is 11.6 Å². The second kappa shape index (κ2) is 9.89. The van der Waals surface area contributed by atoms with Gasteiger partial charge in [0.2, 0.25) is 11.8 Å². The molecule has 0 atom stereocenters. The van der Waals surface area contributed by atoms with Crippen molar-refractivity contribution < 1.29 is 9.90 Å². The number of aromatic nitrogens is 3. The van der Waals surface area contributed by atoms with E-state index in [1.807, 2.05) is 70.7 Å². The molecule has 5 heterocycles. The van der Waals surface area contributed by atoms with Gasteiger partial charge in [0, 0.05) is 67.4 Å². The van der Waals surface area contributed by atoms with Crippen molar-refractivity contribution in [3.63, 3.8) is 0 Å². The molecular formula is C32H32ClN5O2. The van der Waals surface area contributed by atoms with E-state index in [0.717, 1.165) is 61.0 Å². The monoisotopic (exact) mass is 553 g/mol. The lowest BCUT2D eigenvalue weighted by Crippen LogP contribution is -2.48. The Hall–Kier alpha value is -3.97. The average Bonchev–Trinajstić information content (AvgIpc) is 3.55. The van der Waals surface area contributed by atoms with Crippen LogP contribution in [0, 0.1) is 5.41 Å². The summed E-state index contributed by atoms with van der Waals surface area (Å²) in [7, 11) is 0. The number of carbonyl (C=O) groups is 1. The van der Waals surface area contributed by atoms with E-state index in [-0.39, 0.29) is 18.3 Å². The Kier molecular flexibility index (Phi) is 6.19. The SMILES string of the molecule is O=C(Cn1ccc2cccc(-n3cc4cccc(Cl)c4c3O)c21)N1CCC2(CC1)CCN(c1ccncc1)CC2. The third kappa shape index (κ3) is 4.29. The summed E-state index contributed by atoms with van der Waals surface area (Å²) in [5, 5.41) is 14.1. The first kappa shape index (κ1) is 25.0. The topological polar surface area (TPSA) is 66.5 Å². The number of nitrogens with zero attached hydrogens (tertiary/aromatic N) is 5. The Bertz CT molecular complexity index is 1690. The molecule has 5 aromatic rings. The van der Waals surface area contributed by atoms with Crippen LogP contribution in [0.4, 0.5) is 5.69 Å². The number of rotatable bonds is 4. The standard InChI is InChI=1S/C32H32ClN5O2/c33-26-5-1-4-24-21-38(31(40)29(24)26)27-6-2-3-23-9-16-37(30(23)27)22-28(39)36-19-12-32(13-20-36)10-17-35(18-11-32)25-7-14-34-15-8-25/h1-9,14-16,21,40H,10-13,17-20,22H2. The zero-order valence-corrected chi connectivity index (χ0v) is 23.1. The number of hydrogen-bond acceptors (Lipinski definition) is 4. The molecular weight excluding hydrogens is 522 g/mol. The van der Waals surface area contributed by atoms with Crippen molar-refractivity contribution in [1.29, 1.82) is 0 Å². The summed E-state index contributed by atoms with van der Waals surface area (Å²) >= 11 is 6.40. The molecule has 0 bridgehead atoms. The number of hydrogen-bond donors (Lipinski definition) is 1. The van der Waals surface area contributed by atoms with E-state index in [4.69, 9.17) is 11.6 Å². The van der Waals surface area contributed by atoms with Crippen molar-refractivity contribution >= 4 is 44.9 Å². The Labute approximate surface area is 238 Å². The van der Waals surface area contributed by atoms with Gasteiger partial charge in [0.05, 0.1) is 21.6 Å². The Balaban J connectivity index is 1.07. The van der Waals surface area contributed by atoms with Gasteiger partial charge in [-0.3, -0.25) is 14.3 Å². The number of piperidine rings is 2. The van der Waals surface area contributed by atoms with Crippen molar-refractivity contribution in [3.8, 4) is 11.6 Å². The maximum absolute atomic E-state index is 13.5. The van der Waals surface area contributed by atoms with Gasteiger partial charge in [-0.15, -0.1) is 0 Å². The third-order valence-corrected chi connectivity index (χ3v) is 9.44. The fraction of sp³-hybridized carbons (Fsp3) is 0.312. The lowest BCUT2D eigenvalue weighted by molar-refractivity contribution is -0.134. The van der Waals surface area contributed by atoms with E-state index in [2.05, 4.69) is 22.0 Å². The van der Waals surface area contributed by atoms with Crippen molar-refractivity contribution in [1.82, 2.24) is 19.0 Å². The summed E-state index contributed by atoms with van der Waals surface area (Å²) in [6.07, 6.45) is 12.0. The summed E-state index contributed by atoms with van der Waals surface area (Å²) in [6, 6.07) is 17.8. The van der Waals surface area contributed by atoms with Crippen LogP contribution in [-0.4, -0.2) is 56.2 Å². The summed E-state index contributed by atoms with van der Waals surface area (Å²) in [5.74, 6) is 0.241. The quantitative estimate of drug-likeness (QED) is 0.286. The molecule has 2 saturated heterocycles. The Morgan fingerprint density at radius 1 is 0.900 bits per heavy atom. The Morgan fingerprint density at radius 2 is 1.60 bits per heavy atom. The van der Waals surface area contributed by atoms with E-state index in [0.29, 0.717) is 15.8 Å². The number of para-hydroxylation sites is 1. The van der Waals surface area contributed by atoms with Crippen LogP contribution in [-0.2, 0) is 11.3 Å². The number of fused-ring (bicyclic) bond motifs is 2. The van der Waals surface area contributed by atoms with Gasteiger partial charge in [-0.05, 0) is 61.4 Å². The number of likely N-dealkylation sites (tertiary alicyclic amines) is 1. The number of carbonyl (C=O) groups excluding carboxylic acids is 1. The third-order valence-electron chi connectivity index (χ3n) is 9.13. The van der Waals surface area contributed by atoms with Gasteiger partial charge in [0.1, 0.15) is 6.54 Å². The number of anilines is 1. The van der Waals surface area contributed by atoms with Crippen LogP contribution in [0.1, 0.15) is 25.7 Å². The molecule has 2 aromatic carbocycles. The van der Waals surface area contributed by atoms with Gasteiger partial charge in [0.25, 0.3) is 0 Å². The smallest absolute Gasteiger partial charge is 0.242 e. The number of halogens is 1. The second-order valence-electron chi connectivity index (χ2n) is 11.3. The molecule has 3 aromatic heterocycles. The highest BCUT2D eigenvalue weighted by Crippen LogP contribution is 2.42. The van der Waals surface area contributed by atoms with Gasteiger partial charge < -0.3 is 19.5 Å². The van der Waals surface area contributed by atoms with Crippen LogP contribution < -0.4 is 4.90 Å². The van der Waals surface area contributed by atoms with E-state index < -0.39 is 0 Å². The fourth-order valence-electron chi connectivity index (χ4n) is 6.73. The van der Waals surface area contributed by atoms with Crippen LogP contribution in [0.5, 0.6) is 5.88 Å². The van der Waals surface area contributed by atoms with Crippen molar-refractivity contribution in [3.05, 3.63) is 84.4 Å². The van der Waals surface area contributed by atoms with Crippen molar-refractivity contribution in [2.24, 2.45) is 5.41 Å². The molecule has 1 N–H and O–H groups in total. The maximum atomic E-state index is 13.5. The van der Waals surface area contributed by atoms with E-state index in [1.165, 1.54) is 18.5 Å². The number of amides is 1. The number of benzene rings is 2. The highest BCUT2D eigenvalue weighted by molar-refractivity contribution is 6.36.